The standard InChI is InChI=1S/C23H31N3O2/c1-16-21(17(2)24-22(16)18(3)27)23(28)26-13-8-11-20(15-26)25(4)14-12-19-9-6-5-7-10-19/h5-7,9-10,20,24H,8,11-15H2,1-4H3/t20-/m1/s1. The number of ketones is 1. The average molecular weight is 382 g/mol. The number of likely N-dealkylation sites (tertiary alicyclic amines) is 1. The van der Waals surface area contributed by atoms with Crippen LogP contribution in [0.5, 0.6) is 0 Å². The second-order valence-electron chi connectivity index (χ2n) is 7.94. The van der Waals surface area contributed by atoms with Crippen molar-refractivity contribution in [1.29, 1.82) is 0 Å². The predicted molar refractivity (Wildman–Crippen MR) is 112 cm³/mol. The van der Waals surface area contributed by atoms with Gasteiger partial charge in [0.05, 0.1) is 11.3 Å². The summed E-state index contributed by atoms with van der Waals surface area (Å²) in [6, 6.07) is 10.9. The average Bonchev–Trinajstić information content (AvgIpc) is 3.01. The first-order chi connectivity index (χ1) is 13.4. The Morgan fingerprint density at radius 3 is 2.57 bits per heavy atom. The number of aromatic nitrogens is 1. The van der Waals surface area contributed by atoms with E-state index in [9.17, 15) is 9.59 Å². The van der Waals surface area contributed by atoms with Crippen LogP contribution in [0, 0.1) is 13.8 Å². The molecule has 150 valence electrons. The van der Waals surface area contributed by atoms with E-state index in [2.05, 4.69) is 41.2 Å². The molecule has 1 aliphatic heterocycles. The molecular weight excluding hydrogens is 350 g/mol. The Hall–Kier alpha value is -2.40. The van der Waals surface area contributed by atoms with Gasteiger partial charge in [-0.3, -0.25) is 9.59 Å². The molecule has 5 nitrogen and oxygen atoms in total. The number of amides is 1. The number of nitrogens with one attached hydrogen (secondary N) is 1. The highest BCUT2D eigenvalue weighted by atomic mass is 16.2. The van der Waals surface area contributed by atoms with Crippen LogP contribution in [0.15, 0.2) is 30.3 Å². The smallest absolute Gasteiger partial charge is 0.256 e. The van der Waals surface area contributed by atoms with E-state index in [4.69, 9.17) is 0 Å². The van der Waals surface area contributed by atoms with Crippen molar-refractivity contribution >= 4 is 11.7 Å². The van der Waals surface area contributed by atoms with Crippen LogP contribution in [0.25, 0.3) is 0 Å². The highest BCUT2D eigenvalue weighted by molar-refractivity contribution is 6.02. The summed E-state index contributed by atoms with van der Waals surface area (Å²) in [6.07, 6.45) is 3.13. The lowest BCUT2D eigenvalue weighted by Gasteiger charge is -2.38. The first-order valence-electron chi connectivity index (χ1n) is 10.1. The molecule has 3 rings (SSSR count). The third-order valence-corrected chi connectivity index (χ3v) is 5.91. The highest BCUT2D eigenvalue weighted by Gasteiger charge is 2.30. The molecule has 28 heavy (non-hydrogen) atoms. The summed E-state index contributed by atoms with van der Waals surface area (Å²) < 4.78 is 0. The van der Waals surface area contributed by atoms with E-state index < -0.39 is 0 Å². The number of piperidine rings is 1. The SMILES string of the molecule is CC(=O)c1[nH]c(C)c(C(=O)N2CCC[C@@H](N(C)CCc3ccccc3)C2)c1C. The van der Waals surface area contributed by atoms with E-state index in [1.807, 2.05) is 24.8 Å². The molecule has 0 spiro atoms. The molecule has 1 aliphatic rings. The summed E-state index contributed by atoms with van der Waals surface area (Å²) in [7, 11) is 2.15. The summed E-state index contributed by atoms with van der Waals surface area (Å²) >= 11 is 0. The third-order valence-electron chi connectivity index (χ3n) is 5.91. The molecule has 2 aromatic rings. The van der Waals surface area contributed by atoms with Gasteiger partial charge in [-0.15, -0.1) is 0 Å². The number of likely N-dealkylation sites (N-methyl/N-ethyl adjacent to an activating group) is 1. The fourth-order valence-corrected chi connectivity index (χ4v) is 4.21. The van der Waals surface area contributed by atoms with Gasteiger partial charge in [0.15, 0.2) is 5.78 Å². The van der Waals surface area contributed by atoms with Crippen LogP contribution in [0.3, 0.4) is 0 Å². The molecule has 1 N–H and O–H groups in total. The van der Waals surface area contributed by atoms with Gasteiger partial charge in [0.2, 0.25) is 0 Å². The summed E-state index contributed by atoms with van der Waals surface area (Å²) in [6.45, 7) is 7.77. The monoisotopic (exact) mass is 381 g/mol. The van der Waals surface area contributed by atoms with Gasteiger partial charge in [-0.25, -0.2) is 0 Å². The Morgan fingerprint density at radius 2 is 1.93 bits per heavy atom. The van der Waals surface area contributed by atoms with Crippen molar-refractivity contribution in [3.05, 3.63) is 58.4 Å². The van der Waals surface area contributed by atoms with Crippen molar-refractivity contribution in [2.45, 2.75) is 46.1 Å². The largest absolute Gasteiger partial charge is 0.355 e. The minimum absolute atomic E-state index is 0.0307. The van der Waals surface area contributed by atoms with Crippen LogP contribution < -0.4 is 0 Å². The van der Waals surface area contributed by atoms with E-state index in [-0.39, 0.29) is 11.7 Å². The molecule has 1 amide bonds. The molecule has 5 heteroatoms. The van der Waals surface area contributed by atoms with Crippen LogP contribution >= 0.6 is 0 Å². The van der Waals surface area contributed by atoms with Gasteiger partial charge < -0.3 is 14.8 Å². The second kappa shape index (κ2) is 8.74. The summed E-state index contributed by atoms with van der Waals surface area (Å²) in [5, 5.41) is 0. The Labute approximate surface area is 167 Å². The van der Waals surface area contributed by atoms with Crippen LogP contribution in [0.2, 0.25) is 0 Å². The maximum absolute atomic E-state index is 13.2. The number of aromatic amines is 1. The van der Waals surface area contributed by atoms with E-state index in [1.165, 1.54) is 12.5 Å². The van der Waals surface area contributed by atoms with Crippen molar-refractivity contribution in [1.82, 2.24) is 14.8 Å². The van der Waals surface area contributed by atoms with Gasteiger partial charge in [-0.1, -0.05) is 30.3 Å². The number of benzene rings is 1. The zero-order chi connectivity index (χ0) is 20.3. The number of rotatable bonds is 6. The van der Waals surface area contributed by atoms with Crippen LogP contribution in [-0.4, -0.2) is 59.2 Å². The van der Waals surface area contributed by atoms with Crippen molar-refractivity contribution in [3.8, 4) is 0 Å². The highest BCUT2D eigenvalue weighted by Crippen LogP contribution is 2.23. The molecular formula is C23H31N3O2. The summed E-state index contributed by atoms with van der Waals surface area (Å²) in [5.74, 6) is 0.0109. The first kappa shape index (κ1) is 20.3. The quantitative estimate of drug-likeness (QED) is 0.778. The van der Waals surface area contributed by atoms with Crippen molar-refractivity contribution in [2.24, 2.45) is 0 Å². The molecule has 0 radical (unpaired) electrons. The number of carbonyl (C=O) groups excluding carboxylic acids is 2. The Morgan fingerprint density at radius 1 is 1.21 bits per heavy atom. The van der Waals surface area contributed by atoms with Crippen LogP contribution in [-0.2, 0) is 6.42 Å². The van der Waals surface area contributed by atoms with Gasteiger partial charge in [0.1, 0.15) is 0 Å². The van der Waals surface area contributed by atoms with Crippen LogP contribution in [0.1, 0.15) is 57.4 Å². The fraction of sp³-hybridized carbons (Fsp3) is 0.478. The lowest BCUT2D eigenvalue weighted by Crippen LogP contribution is -2.49. The van der Waals surface area contributed by atoms with Crippen molar-refractivity contribution in [2.75, 3.05) is 26.7 Å². The van der Waals surface area contributed by atoms with Crippen LogP contribution in [0.4, 0.5) is 0 Å². The minimum atomic E-state index is -0.0307. The third kappa shape index (κ3) is 4.36. The summed E-state index contributed by atoms with van der Waals surface area (Å²) in [5.41, 5.74) is 4.11. The Kier molecular flexibility index (Phi) is 6.35. The Balaban J connectivity index is 1.66. The first-order valence-corrected chi connectivity index (χ1v) is 10.1. The summed E-state index contributed by atoms with van der Waals surface area (Å²) in [4.78, 5) is 32.4. The number of hydrogen-bond donors (Lipinski definition) is 1. The number of nitrogens with zero attached hydrogens (tertiary/aromatic N) is 2. The zero-order valence-corrected chi connectivity index (χ0v) is 17.4. The minimum Gasteiger partial charge on any atom is -0.355 e. The second-order valence-corrected chi connectivity index (χ2v) is 7.94. The topological polar surface area (TPSA) is 56.4 Å². The molecule has 2 heterocycles. The van der Waals surface area contributed by atoms with E-state index >= 15 is 0 Å². The van der Waals surface area contributed by atoms with Crippen molar-refractivity contribution in [3.63, 3.8) is 0 Å². The molecule has 1 atom stereocenters. The van der Waals surface area contributed by atoms with Gasteiger partial charge in [-0.2, -0.15) is 0 Å². The molecule has 0 aliphatic carbocycles. The number of carbonyl (C=O) groups is 2. The maximum Gasteiger partial charge on any atom is 0.256 e. The molecule has 1 aromatic heterocycles. The van der Waals surface area contributed by atoms with Gasteiger partial charge in [-0.05, 0) is 51.3 Å². The fourth-order valence-electron chi connectivity index (χ4n) is 4.21. The number of hydrogen-bond acceptors (Lipinski definition) is 3. The molecule has 0 saturated carbocycles. The van der Waals surface area contributed by atoms with E-state index in [1.54, 1.807) is 0 Å². The molecule has 1 saturated heterocycles. The molecule has 0 bridgehead atoms. The van der Waals surface area contributed by atoms with Gasteiger partial charge in [0.25, 0.3) is 5.91 Å². The molecule has 1 fully saturated rings. The van der Waals surface area contributed by atoms with E-state index in [0.29, 0.717) is 17.3 Å². The number of aryl methyl sites for hydroxylation is 1. The van der Waals surface area contributed by atoms with Gasteiger partial charge in [0, 0.05) is 38.3 Å². The molecule has 0 unspecified atom stereocenters. The molecule has 1 aromatic carbocycles. The van der Waals surface area contributed by atoms with Gasteiger partial charge >= 0.3 is 0 Å². The zero-order valence-electron chi connectivity index (χ0n) is 17.4. The van der Waals surface area contributed by atoms with E-state index in [0.717, 1.165) is 50.2 Å². The lowest BCUT2D eigenvalue weighted by atomic mass is 10.0. The Bertz CT molecular complexity index is 841. The van der Waals surface area contributed by atoms with Crippen molar-refractivity contribution < 1.29 is 9.59 Å². The predicted octanol–water partition coefficient (Wildman–Crippen LogP) is 3.61. The number of Topliss-reactive ketones (excluding diaryl/α,β-unsaturated/α-hetero) is 1. The number of H-pyrrole nitrogens is 1. The maximum atomic E-state index is 13.2. The lowest BCUT2D eigenvalue weighted by molar-refractivity contribution is 0.0610. The normalized spacial score (nSPS) is 17.2.